The first kappa shape index (κ1) is 19.3. The summed E-state index contributed by atoms with van der Waals surface area (Å²) in [6, 6.07) is 3.62. The number of amides is 2. The van der Waals surface area contributed by atoms with Gasteiger partial charge in [0.1, 0.15) is 0 Å². The number of carbonyl (C=O) groups excluding carboxylic acids is 2. The Balaban J connectivity index is 0.000000659. The van der Waals surface area contributed by atoms with Crippen LogP contribution in [0, 0.1) is 17.8 Å². The van der Waals surface area contributed by atoms with Crippen LogP contribution in [-0.4, -0.2) is 59.1 Å². The number of pyridine rings is 1. The standard InChI is InChI=1S/C18H23N3O3.CH2O2/c22-17(20-15-2-1-6-19-9-15)14-8-13-10-21(18(23)12-3-4-12)7-5-16(13)24-11-14;2-1-3/h1-2,6,9,12-14,16H,3-5,7-8,10-11H2,(H,20,22);1H,(H,2,3)/t13-,14-,16+;/m0./s1. The molecule has 1 saturated carbocycles. The van der Waals surface area contributed by atoms with Crippen molar-refractivity contribution in [1.82, 2.24) is 9.88 Å². The minimum Gasteiger partial charge on any atom is -0.483 e. The molecule has 2 aliphatic heterocycles. The highest BCUT2D eigenvalue weighted by atomic mass is 16.5. The highest BCUT2D eigenvalue weighted by molar-refractivity contribution is 5.92. The predicted molar refractivity (Wildman–Crippen MR) is 96.8 cm³/mol. The summed E-state index contributed by atoms with van der Waals surface area (Å²) in [6.45, 7) is 1.74. The molecule has 2 saturated heterocycles. The van der Waals surface area contributed by atoms with E-state index in [2.05, 4.69) is 10.3 Å². The molecule has 4 rings (SSSR count). The summed E-state index contributed by atoms with van der Waals surface area (Å²) in [5.41, 5.74) is 0.707. The predicted octanol–water partition coefficient (Wildman–Crippen LogP) is 1.38. The molecule has 0 aromatic carbocycles. The fraction of sp³-hybridized carbons (Fsp3) is 0.579. The van der Waals surface area contributed by atoms with Gasteiger partial charge >= 0.3 is 0 Å². The number of hydrogen-bond acceptors (Lipinski definition) is 5. The van der Waals surface area contributed by atoms with E-state index in [0.717, 1.165) is 38.8 Å². The number of ether oxygens (including phenoxy) is 1. The summed E-state index contributed by atoms with van der Waals surface area (Å²) in [5.74, 6) is 0.639. The molecule has 3 atom stereocenters. The molecule has 8 nitrogen and oxygen atoms in total. The zero-order valence-corrected chi connectivity index (χ0v) is 15.1. The molecule has 3 aliphatic rings. The fourth-order valence-corrected chi connectivity index (χ4v) is 3.78. The van der Waals surface area contributed by atoms with Gasteiger partial charge in [-0.2, -0.15) is 0 Å². The highest BCUT2D eigenvalue weighted by Gasteiger charge is 2.42. The Bertz CT molecular complexity index is 665. The van der Waals surface area contributed by atoms with Crippen molar-refractivity contribution >= 4 is 24.0 Å². The van der Waals surface area contributed by atoms with Crippen LogP contribution in [0.1, 0.15) is 25.7 Å². The number of likely N-dealkylation sites (tertiary alicyclic amines) is 1. The Kier molecular flexibility index (Phi) is 6.39. The molecule has 1 aliphatic carbocycles. The summed E-state index contributed by atoms with van der Waals surface area (Å²) < 4.78 is 5.94. The molecule has 1 aromatic heterocycles. The topological polar surface area (TPSA) is 109 Å². The highest BCUT2D eigenvalue weighted by Crippen LogP contribution is 2.36. The van der Waals surface area contributed by atoms with Gasteiger partial charge in [0, 0.05) is 31.1 Å². The molecule has 3 heterocycles. The van der Waals surface area contributed by atoms with E-state index >= 15 is 0 Å². The second kappa shape index (κ2) is 8.94. The van der Waals surface area contributed by atoms with E-state index in [1.54, 1.807) is 18.5 Å². The first-order valence-corrected chi connectivity index (χ1v) is 9.31. The molecule has 8 heteroatoms. The number of carbonyl (C=O) groups is 3. The van der Waals surface area contributed by atoms with Crippen molar-refractivity contribution in [1.29, 1.82) is 0 Å². The third kappa shape index (κ3) is 5.03. The Labute approximate surface area is 157 Å². The van der Waals surface area contributed by atoms with Gasteiger partial charge in [-0.05, 0) is 37.8 Å². The maximum Gasteiger partial charge on any atom is 0.290 e. The van der Waals surface area contributed by atoms with Crippen LogP contribution in [0.4, 0.5) is 5.69 Å². The largest absolute Gasteiger partial charge is 0.483 e. The molecule has 27 heavy (non-hydrogen) atoms. The van der Waals surface area contributed by atoms with Gasteiger partial charge in [0.05, 0.1) is 30.5 Å². The van der Waals surface area contributed by atoms with E-state index in [1.807, 2.05) is 11.0 Å². The van der Waals surface area contributed by atoms with Crippen molar-refractivity contribution in [2.45, 2.75) is 31.8 Å². The van der Waals surface area contributed by atoms with E-state index in [9.17, 15) is 9.59 Å². The molecular formula is C19H25N3O5. The minimum atomic E-state index is -0.250. The summed E-state index contributed by atoms with van der Waals surface area (Å²) in [4.78, 5) is 39.1. The SMILES string of the molecule is O=C(Nc1cccnc1)[C@@H]1CO[C@@H]2CCN(C(=O)C3CC3)C[C@@H]2C1.O=CO. The van der Waals surface area contributed by atoms with E-state index < -0.39 is 0 Å². The van der Waals surface area contributed by atoms with Gasteiger partial charge in [0.15, 0.2) is 0 Å². The number of nitrogens with one attached hydrogen (secondary N) is 1. The third-order valence-electron chi connectivity index (χ3n) is 5.30. The second-order valence-electron chi connectivity index (χ2n) is 7.25. The molecule has 146 valence electrons. The molecule has 0 bridgehead atoms. The number of nitrogens with zero attached hydrogens (tertiary/aromatic N) is 2. The Morgan fingerprint density at radius 3 is 2.74 bits per heavy atom. The monoisotopic (exact) mass is 375 g/mol. The van der Waals surface area contributed by atoms with Gasteiger partial charge in [0.25, 0.3) is 6.47 Å². The molecule has 2 N–H and O–H groups in total. The van der Waals surface area contributed by atoms with Gasteiger partial charge in [-0.25, -0.2) is 0 Å². The maximum atomic E-state index is 12.5. The number of hydrogen-bond donors (Lipinski definition) is 2. The average Bonchev–Trinajstić information content (AvgIpc) is 3.53. The van der Waals surface area contributed by atoms with Crippen molar-refractivity contribution in [3.8, 4) is 0 Å². The van der Waals surface area contributed by atoms with Gasteiger partial charge in [-0.1, -0.05) is 0 Å². The van der Waals surface area contributed by atoms with Crippen LogP contribution in [0.3, 0.4) is 0 Å². The number of piperidine rings is 1. The molecule has 0 spiro atoms. The summed E-state index contributed by atoms with van der Waals surface area (Å²) in [5, 5.41) is 9.80. The van der Waals surface area contributed by atoms with Crippen LogP contribution in [0.2, 0.25) is 0 Å². The number of carboxylic acid groups (broad SMARTS) is 1. The Hall–Kier alpha value is -2.48. The van der Waals surface area contributed by atoms with Gasteiger partial charge < -0.3 is 20.1 Å². The van der Waals surface area contributed by atoms with Crippen LogP contribution < -0.4 is 5.32 Å². The van der Waals surface area contributed by atoms with E-state index in [-0.39, 0.29) is 36.2 Å². The zero-order chi connectivity index (χ0) is 19.2. The van der Waals surface area contributed by atoms with Crippen LogP contribution in [0.15, 0.2) is 24.5 Å². The van der Waals surface area contributed by atoms with Crippen molar-refractivity contribution in [2.75, 3.05) is 25.0 Å². The van der Waals surface area contributed by atoms with Crippen molar-refractivity contribution in [3.63, 3.8) is 0 Å². The second-order valence-corrected chi connectivity index (χ2v) is 7.25. The van der Waals surface area contributed by atoms with E-state index in [0.29, 0.717) is 18.2 Å². The molecular weight excluding hydrogens is 350 g/mol. The van der Waals surface area contributed by atoms with Gasteiger partial charge in [-0.3, -0.25) is 19.4 Å². The lowest BCUT2D eigenvalue weighted by Crippen LogP contribution is -2.51. The maximum absolute atomic E-state index is 12.5. The van der Waals surface area contributed by atoms with Crippen molar-refractivity contribution < 1.29 is 24.2 Å². The summed E-state index contributed by atoms with van der Waals surface area (Å²) in [7, 11) is 0. The first-order chi connectivity index (χ1) is 13.1. The van der Waals surface area contributed by atoms with Gasteiger partial charge in [-0.15, -0.1) is 0 Å². The summed E-state index contributed by atoms with van der Waals surface area (Å²) >= 11 is 0. The number of anilines is 1. The van der Waals surface area contributed by atoms with E-state index in [4.69, 9.17) is 14.6 Å². The lowest BCUT2D eigenvalue weighted by molar-refractivity contribution is -0.145. The van der Waals surface area contributed by atoms with E-state index in [1.165, 1.54) is 0 Å². The smallest absolute Gasteiger partial charge is 0.290 e. The molecule has 2 amide bonds. The number of aromatic nitrogens is 1. The molecule has 1 aromatic rings. The van der Waals surface area contributed by atoms with Crippen LogP contribution >= 0.6 is 0 Å². The number of fused-ring (bicyclic) bond motifs is 1. The van der Waals surface area contributed by atoms with Crippen LogP contribution in [0.5, 0.6) is 0 Å². The molecule has 0 radical (unpaired) electrons. The Morgan fingerprint density at radius 1 is 1.30 bits per heavy atom. The van der Waals surface area contributed by atoms with Gasteiger partial charge in [0.2, 0.25) is 11.8 Å². The first-order valence-electron chi connectivity index (χ1n) is 9.31. The molecule has 0 unspecified atom stereocenters. The average molecular weight is 375 g/mol. The lowest BCUT2D eigenvalue weighted by Gasteiger charge is -2.43. The number of rotatable bonds is 3. The van der Waals surface area contributed by atoms with Crippen molar-refractivity contribution in [3.05, 3.63) is 24.5 Å². The van der Waals surface area contributed by atoms with Crippen LogP contribution in [-0.2, 0) is 19.1 Å². The quantitative estimate of drug-likeness (QED) is 0.773. The Morgan fingerprint density at radius 2 is 2.07 bits per heavy atom. The minimum absolute atomic E-state index is 0.0212. The zero-order valence-electron chi connectivity index (χ0n) is 15.1. The van der Waals surface area contributed by atoms with Crippen molar-refractivity contribution in [2.24, 2.45) is 17.8 Å². The fourth-order valence-electron chi connectivity index (χ4n) is 3.78. The lowest BCUT2D eigenvalue weighted by atomic mass is 9.83. The summed E-state index contributed by atoms with van der Waals surface area (Å²) in [6.07, 6.45) is 7.26. The molecule has 3 fully saturated rings. The van der Waals surface area contributed by atoms with Crippen LogP contribution in [0.25, 0.3) is 0 Å². The normalized spacial score (nSPS) is 26.8. The third-order valence-corrected chi connectivity index (χ3v) is 5.30.